The van der Waals surface area contributed by atoms with Gasteiger partial charge in [0.2, 0.25) is 5.91 Å². The van der Waals surface area contributed by atoms with Gasteiger partial charge in [-0.1, -0.05) is 12.1 Å². The van der Waals surface area contributed by atoms with Crippen LogP contribution in [-0.2, 0) is 16.0 Å². The van der Waals surface area contributed by atoms with Crippen molar-refractivity contribution in [3.05, 3.63) is 70.3 Å². The summed E-state index contributed by atoms with van der Waals surface area (Å²) in [6.45, 7) is 2.28. The Morgan fingerprint density at radius 2 is 1.80 bits per heavy atom. The third-order valence-corrected chi connectivity index (χ3v) is 4.96. The first kappa shape index (κ1) is 19.8. The van der Waals surface area contributed by atoms with Crippen LogP contribution in [0.15, 0.2) is 53.3 Å². The molecule has 1 aliphatic rings. The van der Waals surface area contributed by atoms with Gasteiger partial charge in [-0.3, -0.25) is 14.4 Å². The minimum Gasteiger partial charge on any atom is -0.378 e. The normalized spacial score (nSPS) is 13.9. The molecule has 0 atom stereocenters. The number of aryl methyl sites for hydroxylation is 1. The lowest BCUT2D eigenvalue weighted by Crippen LogP contribution is -2.40. The fraction of sp³-hybridized carbons (Fsp3) is 0.273. The predicted molar refractivity (Wildman–Crippen MR) is 112 cm³/mol. The lowest BCUT2D eigenvalue weighted by molar-refractivity contribution is -0.116. The number of anilines is 1. The van der Waals surface area contributed by atoms with Crippen molar-refractivity contribution < 1.29 is 14.3 Å². The van der Waals surface area contributed by atoms with Crippen molar-refractivity contribution in [2.75, 3.05) is 31.6 Å². The highest BCUT2D eigenvalue weighted by Crippen LogP contribution is 2.13. The molecule has 1 saturated heterocycles. The Hall–Kier alpha value is -3.52. The average molecular weight is 406 g/mol. The molecule has 154 valence electrons. The van der Waals surface area contributed by atoms with Gasteiger partial charge in [0.1, 0.15) is 5.82 Å². The third-order valence-electron chi connectivity index (χ3n) is 4.96. The molecule has 2 amide bonds. The zero-order chi connectivity index (χ0) is 20.9. The smallest absolute Gasteiger partial charge is 0.258 e. The maximum Gasteiger partial charge on any atom is 0.258 e. The standard InChI is InChI=1S/C22H22N4O4/c27-20(10-9-19-24-18-4-2-1-3-17(18)21(28)25-19)23-16-7-5-15(6-8-16)22(29)26-11-13-30-14-12-26/h1-8H,9-14H2,(H,23,27)(H,24,25,28). The summed E-state index contributed by atoms with van der Waals surface area (Å²) >= 11 is 0. The topological polar surface area (TPSA) is 104 Å². The SMILES string of the molecule is O=C(CCc1nc2ccccc2c(=O)[nH]1)Nc1ccc(C(=O)N2CCOCC2)cc1. The molecule has 3 aromatic rings. The molecule has 2 N–H and O–H groups in total. The number of fused-ring (bicyclic) bond motifs is 1. The molecule has 30 heavy (non-hydrogen) atoms. The number of carbonyl (C=O) groups excluding carboxylic acids is 2. The van der Waals surface area contributed by atoms with Crippen LogP contribution < -0.4 is 10.9 Å². The van der Waals surface area contributed by atoms with Crippen molar-refractivity contribution in [1.82, 2.24) is 14.9 Å². The molecule has 0 radical (unpaired) electrons. The molecule has 2 aromatic carbocycles. The third kappa shape index (κ3) is 4.55. The maximum absolute atomic E-state index is 12.5. The summed E-state index contributed by atoms with van der Waals surface area (Å²) in [6, 6.07) is 13.9. The van der Waals surface area contributed by atoms with Crippen LogP contribution >= 0.6 is 0 Å². The van der Waals surface area contributed by atoms with Crippen LogP contribution in [0.2, 0.25) is 0 Å². The molecule has 2 heterocycles. The number of benzene rings is 2. The van der Waals surface area contributed by atoms with E-state index in [1.807, 2.05) is 6.07 Å². The van der Waals surface area contributed by atoms with E-state index in [0.717, 1.165) is 0 Å². The highest BCUT2D eigenvalue weighted by atomic mass is 16.5. The lowest BCUT2D eigenvalue weighted by Gasteiger charge is -2.26. The molecule has 1 aliphatic heterocycles. The highest BCUT2D eigenvalue weighted by Gasteiger charge is 2.18. The number of aromatic amines is 1. The van der Waals surface area contributed by atoms with Gasteiger partial charge in [0, 0.05) is 37.2 Å². The van der Waals surface area contributed by atoms with Gasteiger partial charge in [0.05, 0.1) is 24.1 Å². The summed E-state index contributed by atoms with van der Waals surface area (Å²) in [4.78, 5) is 45.7. The first-order valence-electron chi connectivity index (χ1n) is 9.85. The second-order valence-electron chi connectivity index (χ2n) is 7.06. The number of ether oxygens (including phenoxy) is 1. The van der Waals surface area contributed by atoms with Gasteiger partial charge in [-0.05, 0) is 36.4 Å². The van der Waals surface area contributed by atoms with E-state index in [0.29, 0.717) is 60.7 Å². The van der Waals surface area contributed by atoms with Crippen LogP contribution in [0.3, 0.4) is 0 Å². The van der Waals surface area contributed by atoms with Gasteiger partial charge in [0.25, 0.3) is 11.5 Å². The number of morpholine rings is 1. The van der Waals surface area contributed by atoms with E-state index < -0.39 is 0 Å². The minimum absolute atomic E-state index is 0.0393. The quantitative estimate of drug-likeness (QED) is 0.674. The number of nitrogens with zero attached hydrogens (tertiary/aromatic N) is 2. The van der Waals surface area contributed by atoms with Gasteiger partial charge >= 0.3 is 0 Å². The molecule has 8 heteroatoms. The number of H-pyrrole nitrogens is 1. The molecular weight excluding hydrogens is 384 g/mol. The van der Waals surface area contributed by atoms with Crippen molar-refractivity contribution in [2.24, 2.45) is 0 Å². The monoisotopic (exact) mass is 406 g/mol. The number of amides is 2. The van der Waals surface area contributed by atoms with E-state index in [1.165, 1.54) is 0 Å². The molecule has 0 aliphatic carbocycles. The van der Waals surface area contributed by atoms with Crippen LogP contribution in [0.1, 0.15) is 22.6 Å². The van der Waals surface area contributed by atoms with E-state index >= 15 is 0 Å². The molecular formula is C22H22N4O4. The van der Waals surface area contributed by atoms with E-state index in [1.54, 1.807) is 47.4 Å². The molecule has 1 aromatic heterocycles. The van der Waals surface area contributed by atoms with Crippen molar-refractivity contribution in [1.29, 1.82) is 0 Å². The fourth-order valence-electron chi connectivity index (χ4n) is 3.35. The largest absolute Gasteiger partial charge is 0.378 e. The average Bonchev–Trinajstić information content (AvgIpc) is 2.78. The van der Waals surface area contributed by atoms with Crippen molar-refractivity contribution in [2.45, 2.75) is 12.8 Å². The Bertz CT molecular complexity index is 1120. The molecule has 1 fully saturated rings. The number of nitrogens with one attached hydrogen (secondary N) is 2. The molecule has 0 unspecified atom stereocenters. The Kier molecular flexibility index (Phi) is 5.85. The summed E-state index contributed by atoms with van der Waals surface area (Å²) in [7, 11) is 0. The zero-order valence-corrected chi connectivity index (χ0v) is 16.4. The van der Waals surface area contributed by atoms with Crippen LogP contribution in [0.5, 0.6) is 0 Å². The maximum atomic E-state index is 12.5. The van der Waals surface area contributed by atoms with Crippen LogP contribution in [0.25, 0.3) is 10.9 Å². The second-order valence-corrected chi connectivity index (χ2v) is 7.06. The Balaban J connectivity index is 1.34. The van der Waals surface area contributed by atoms with Gasteiger partial charge in [0.15, 0.2) is 0 Å². The Morgan fingerprint density at radius 3 is 2.57 bits per heavy atom. The van der Waals surface area contributed by atoms with Crippen molar-refractivity contribution >= 4 is 28.4 Å². The van der Waals surface area contributed by atoms with Crippen LogP contribution in [0, 0.1) is 0 Å². The molecule has 0 saturated carbocycles. The predicted octanol–water partition coefficient (Wildman–Crippen LogP) is 1.97. The number of aromatic nitrogens is 2. The number of hydrogen-bond acceptors (Lipinski definition) is 5. The van der Waals surface area contributed by atoms with Gasteiger partial charge in [-0.25, -0.2) is 4.98 Å². The van der Waals surface area contributed by atoms with E-state index in [2.05, 4.69) is 15.3 Å². The van der Waals surface area contributed by atoms with E-state index in [-0.39, 0.29) is 23.8 Å². The Labute approximate surface area is 172 Å². The van der Waals surface area contributed by atoms with Crippen molar-refractivity contribution in [3.63, 3.8) is 0 Å². The first-order chi connectivity index (χ1) is 14.6. The van der Waals surface area contributed by atoms with E-state index in [9.17, 15) is 14.4 Å². The number of rotatable bonds is 5. The summed E-state index contributed by atoms with van der Waals surface area (Å²) < 4.78 is 5.27. The van der Waals surface area contributed by atoms with Crippen LogP contribution in [0.4, 0.5) is 5.69 Å². The molecule has 8 nitrogen and oxygen atoms in total. The summed E-state index contributed by atoms with van der Waals surface area (Å²) in [6.07, 6.45) is 0.495. The first-order valence-corrected chi connectivity index (χ1v) is 9.85. The number of hydrogen-bond donors (Lipinski definition) is 2. The van der Waals surface area contributed by atoms with Crippen LogP contribution in [-0.4, -0.2) is 53.0 Å². The second kappa shape index (κ2) is 8.87. The number of para-hydroxylation sites is 1. The fourth-order valence-corrected chi connectivity index (χ4v) is 3.35. The zero-order valence-electron chi connectivity index (χ0n) is 16.4. The van der Waals surface area contributed by atoms with Gasteiger partial charge in [-0.15, -0.1) is 0 Å². The summed E-state index contributed by atoms with van der Waals surface area (Å²) in [5.41, 5.74) is 1.58. The highest BCUT2D eigenvalue weighted by molar-refractivity contribution is 5.96. The van der Waals surface area contributed by atoms with Crippen molar-refractivity contribution in [3.8, 4) is 0 Å². The van der Waals surface area contributed by atoms with Gasteiger partial charge < -0.3 is 19.9 Å². The Morgan fingerprint density at radius 1 is 1.07 bits per heavy atom. The number of carbonyl (C=O) groups is 2. The minimum atomic E-state index is -0.212. The summed E-state index contributed by atoms with van der Waals surface area (Å²) in [5, 5.41) is 3.33. The van der Waals surface area contributed by atoms with Gasteiger partial charge in [-0.2, -0.15) is 0 Å². The molecule has 0 bridgehead atoms. The molecule has 0 spiro atoms. The lowest BCUT2D eigenvalue weighted by atomic mass is 10.1. The van der Waals surface area contributed by atoms with E-state index in [4.69, 9.17) is 4.74 Å². The molecule has 4 rings (SSSR count). The summed E-state index contributed by atoms with van der Waals surface area (Å²) in [5.74, 6) is 0.237.